The van der Waals surface area contributed by atoms with Gasteiger partial charge in [0, 0.05) is 24.9 Å². The van der Waals surface area contributed by atoms with Gasteiger partial charge in [0.25, 0.3) is 0 Å². The molecule has 0 atom stereocenters. The van der Waals surface area contributed by atoms with E-state index in [4.69, 9.17) is 9.68 Å². The van der Waals surface area contributed by atoms with Gasteiger partial charge >= 0.3 is 5.76 Å². The maximum Gasteiger partial charge on any atom is 0.419 e. The molecule has 0 radical (unpaired) electrons. The number of fused-ring (bicyclic) bond motifs is 1. The summed E-state index contributed by atoms with van der Waals surface area (Å²) in [7, 11) is 1.64. The zero-order valence-electron chi connectivity index (χ0n) is 10.5. The second-order valence-corrected chi connectivity index (χ2v) is 4.13. The predicted octanol–water partition coefficient (Wildman–Crippen LogP) is 1.54. The van der Waals surface area contributed by atoms with E-state index in [1.165, 1.54) is 17.0 Å². The van der Waals surface area contributed by atoms with Crippen molar-refractivity contribution >= 4 is 22.6 Å². The van der Waals surface area contributed by atoms with Gasteiger partial charge in [-0.25, -0.2) is 14.8 Å². The lowest BCUT2D eigenvalue weighted by Gasteiger charge is -2.04. The summed E-state index contributed by atoms with van der Waals surface area (Å²) in [5.41, 5.74) is 2.17. The summed E-state index contributed by atoms with van der Waals surface area (Å²) in [6, 6.07) is 8.74. The van der Waals surface area contributed by atoms with E-state index in [0.29, 0.717) is 22.6 Å². The number of benzene rings is 1. The highest BCUT2D eigenvalue weighted by Gasteiger charge is 2.07. The van der Waals surface area contributed by atoms with Gasteiger partial charge < -0.3 is 9.73 Å². The number of rotatable bonds is 2. The van der Waals surface area contributed by atoms with Crippen LogP contribution in [0, 0.1) is 11.3 Å². The molecule has 0 spiro atoms. The van der Waals surface area contributed by atoms with Gasteiger partial charge in [-0.3, -0.25) is 4.57 Å². The summed E-state index contributed by atoms with van der Waals surface area (Å²) in [5.74, 6) is 0.0835. The van der Waals surface area contributed by atoms with Crippen LogP contribution >= 0.6 is 0 Å². The first-order valence-corrected chi connectivity index (χ1v) is 5.76. The number of aryl methyl sites for hydroxylation is 1. The average molecular weight is 267 g/mol. The van der Waals surface area contributed by atoms with Gasteiger partial charge in [-0.2, -0.15) is 5.26 Å². The summed E-state index contributed by atoms with van der Waals surface area (Å²) >= 11 is 0. The SMILES string of the molecule is Cn1c(=O)oc2cc(Nc3cc(C#N)ncn3)ccc21. The zero-order valence-corrected chi connectivity index (χ0v) is 10.5. The van der Waals surface area contributed by atoms with Crippen LogP contribution in [-0.4, -0.2) is 14.5 Å². The van der Waals surface area contributed by atoms with Gasteiger partial charge in [0.2, 0.25) is 0 Å². The fraction of sp³-hybridized carbons (Fsp3) is 0.0769. The average Bonchev–Trinajstić information content (AvgIpc) is 2.74. The largest absolute Gasteiger partial charge is 0.419 e. The number of nitrogens with one attached hydrogen (secondary N) is 1. The van der Waals surface area contributed by atoms with E-state index in [-0.39, 0.29) is 5.69 Å². The molecule has 2 aromatic heterocycles. The van der Waals surface area contributed by atoms with Crippen molar-refractivity contribution in [2.75, 3.05) is 5.32 Å². The molecule has 7 heteroatoms. The van der Waals surface area contributed by atoms with Crippen LogP contribution in [0.25, 0.3) is 11.1 Å². The standard InChI is InChI=1S/C13H9N5O2/c1-18-10-3-2-8(4-11(10)20-13(18)19)17-12-5-9(6-14)15-7-16-12/h2-5,7H,1H3,(H,15,16,17). The minimum absolute atomic E-state index is 0.273. The third-order valence-electron chi connectivity index (χ3n) is 2.85. The number of oxazole rings is 1. The molecule has 0 aliphatic heterocycles. The minimum atomic E-state index is -0.411. The Bertz CT molecular complexity index is 888. The highest BCUT2D eigenvalue weighted by atomic mass is 16.4. The highest BCUT2D eigenvalue weighted by molar-refractivity contribution is 5.78. The molecule has 1 N–H and O–H groups in total. The summed E-state index contributed by atoms with van der Waals surface area (Å²) in [4.78, 5) is 19.2. The van der Waals surface area contributed by atoms with Crippen molar-refractivity contribution in [2.24, 2.45) is 7.05 Å². The van der Waals surface area contributed by atoms with Crippen LogP contribution in [0.15, 0.2) is 39.8 Å². The van der Waals surface area contributed by atoms with E-state index >= 15 is 0 Å². The van der Waals surface area contributed by atoms with Crippen LogP contribution in [0.5, 0.6) is 0 Å². The fourth-order valence-corrected chi connectivity index (χ4v) is 1.85. The van der Waals surface area contributed by atoms with E-state index in [9.17, 15) is 4.79 Å². The van der Waals surface area contributed by atoms with Crippen LogP contribution in [0.2, 0.25) is 0 Å². The second kappa shape index (κ2) is 4.51. The number of hydrogen-bond donors (Lipinski definition) is 1. The number of aromatic nitrogens is 3. The number of hydrogen-bond acceptors (Lipinski definition) is 6. The lowest BCUT2D eigenvalue weighted by Crippen LogP contribution is -2.08. The van der Waals surface area contributed by atoms with E-state index < -0.39 is 5.76 Å². The monoisotopic (exact) mass is 267 g/mol. The first-order chi connectivity index (χ1) is 9.67. The van der Waals surface area contributed by atoms with Crippen LogP contribution in [0.1, 0.15) is 5.69 Å². The molecule has 2 heterocycles. The zero-order chi connectivity index (χ0) is 14.1. The summed E-state index contributed by atoms with van der Waals surface area (Å²) in [5, 5.41) is 11.8. The molecule has 1 aromatic carbocycles. The third-order valence-corrected chi connectivity index (χ3v) is 2.85. The second-order valence-electron chi connectivity index (χ2n) is 4.13. The predicted molar refractivity (Wildman–Crippen MR) is 71.5 cm³/mol. The van der Waals surface area contributed by atoms with Gasteiger partial charge in [-0.1, -0.05) is 0 Å². The Balaban J connectivity index is 1.98. The molecule has 98 valence electrons. The minimum Gasteiger partial charge on any atom is -0.408 e. The molecule has 0 aliphatic rings. The number of anilines is 2. The first-order valence-electron chi connectivity index (χ1n) is 5.76. The summed E-state index contributed by atoms with van der Waals surface area (Å²) in [6.45, 7) is 0. The quantitative estimate of drug-likeness (QED) is 0.756. The molecule has 20 heavy (non-hydrogen) atoms. The molecule has 3 rings (SSSR count). The van der Waals surface area contributed by atoms with Crippen molar-refractivity contribution in [1.82, 2.24) is 14.5 Å². The Labute approximate surface area is 113 Å². The molecule has 3 aromatic rings. The van der Waals surface area contributed by atoms with Crippen LogP contribution < -0.4 is 11.1 Å². The van der Waals surface area contributed by atoms with Crippen molar-refractivity contribution in [3.63, 3.8) is 0 Å². The third kappa shape index (κ3) is 1.99. The van der Waals surface area contributed by atoms with E-state index in [2.05, 4.69) is 15.3 Å². The topological polar surface area (TPSA) is 96.7 Å². The molecule has 0 bridgehead atoms. The Kier molecular flexibility index (Phi) is 2.69. The highest BCUT2D eigenvalue weighted by Crippen LogP contribution is 2.20. The Hall–Kier alpha value is -3.14. The Morgan fingerprint density at radius 1 is 1.35 bits per heavy atom. The van der Waals surface area contributed by atoms with Gasteiger partial charge in [-0.05, 0) is 12.1 Å². The van der Waals surface area contributed by atoms with E-state index in [1.54, 1.807) is 25.2 Å². The molecule has 0 fully saturated rings. The number of nitrogens with zero attached hydrogens (tertiary/aromatic N) is 4. The Morgan fingerprint density at radius 2 is 2.20 bits per heavy atom. The van der Waals surface area contributed by atoms with Gasteiger partial charge in [0.05, 0.1) is 5.52 Å². The van der Waals surface area contributed by atoms with Crippen LogP contribution in [0.3, 0.4) is 0 Å². The van der Waals surface area contributed by atoms with Gasteiger partial charge in [0.15, 0.2) is 5.58 Å². The smallest absolute Gasteiger partial charge is 0.408 e. The maximum atomic E-state index is 11.4. The van der Waals surface area contributed by atoms with E-state index in [1.807, 2.05) is 6.07 Å². The normalized spacial score (nSPS) is 10.4. The van der Waals surface area contributed by atoms with Gasteiger partial charge in [-0.15, -0.1) is 0 Å². The summed E-state index contributed by atoms with van der Waals surface area (Å²) < 4.78 is 6.53. The van der Waals surface area contributed by atoms with Crippen molar-refractivity contribution < 1.29 is 4.42 Å². The first kappa shape index (κ1) is 11.9. The van der Waals surface area contributed by atoms with Gasteiger partial charge in [0.1, 0.15) is 23.9 Å². The maximum absolute atomic E-state index is 11.4. The summed E-state index contributed by atoms with van der Waals surface area (Å²) in [6.07, 6.45) is 1.31. The molecule has 0 saturated carbocycles. The lowest BCUT2D eigenvalue weighted by atomic mass is 10.3. The molecule has 0 unspecified atom stereocenters. The van der Waals surface area contributed by atoms with E-state index in [0.717, 1.165) is 0 Å². The van der Waals surface area contributed by atoms with Crippen molar-refractivity contribution in [1.29, 1.82) is 5.26 Å². The van der Waals surface area contributed by atoms with Crippen molar-refractivity contribution in [3.8, 4) is 6.07 Å². The fourth-order valence-electron chi connectivity index (χ4n) is 1.85. The van der Waals surface area contributed by atoms with Crippen molar-refractivity contribution in [3.05, 3.63) is 46.8 Å². The molecule has 0 aliphatic carbocycles. The molecule has 0 amide bonds. The molecule has 0 saturated heterocycles. The molecule has 7 nitrogen and oxygen atoms in total. The molecular weight excluding hydrogens is 258 g/mol. The van der Waals surface area contributed by atoms with Crippen LogP contribution in [-0.2, 0) is 7.05 Å². The van der Waals surface area contributed by atoms with Crippen molar-refractivity contribution in [2.45, 2.75) is 0 Å². The lowest BCUT2D eigenvalue weighted by molar-refractivity contribution is 0.528. The Morgan fingerprint density at radius 3 is 3.00 bits per heavy atom. The van der Waals surface area contributed by atoms with Crippen LogP contribution in [0.4, 0.5) is 11.5 Å². The number of nitriles is 1. The molecular formula is C13H9N5O2.